The number of aromatic nitrogens is 2. The van der Waals surface area contributed by atoms with E-state index in [1.54, 1.807) is 0 Å². The molecular weight excluding hydrogens is 864 g/mol. The van der Waals surface area contributed by atoms with E-state index in [2.05, 4.69) is 231 Å². The van der Waals surface area contributed by atoms with Gasteiger partial charge in [-0.2, -0.15) is 0 Å². The third-order valence-corrected chi connectivity index (χ3v) is 13.4. The van der Waals surface area contributed by atoms with Crippen LogP contribution in [0.5, 0.6) is 0 Å². The molecule has 1 aliphatic heterocycles. The Morgan fingerprint density at radius 2 is 0.516 bits per heavy atom. The van der Waals surface area contributed by atoms with E-state index in [1.165, 1.54) is 34.0 Å². The summed E-state index contributed by atoms with van der Waals surface area (Å²) in [7, 11) is 0. The van der Waals surface area contributed by atoms with Gasteiger partial charge in [0.15, 0.2) is 0 Å². The standard InChI is InChI=1S/C58H38N4SSe/c1-7-19-39(20-8-1)49(40-21-9-2-10-22-40)51(43-27-15-5-16-28-43)45-31-35-47(36-32-45)53-55-56(60-63-59-55)54(58-57(53)61-64-62-58)48-37-33-46(34-38-48)52(44-29-17-6-18-30-44)50(41-23-11-3-12-24-41)42-25-13-4-14-26-42/h1-38H. The summed E-state index contributed by atoms with van der Waals surface area (Å²) in [4.78, 5) is 0. The minimum absolute atomic E-state index is 0.291. The van der Waals surface area contributed by atoms with Crippen molar-refractivity contribution in [3.05, 3.63) is 275 Å². The van der Waals surface area contributed by atoms with E-state index in [9.17, 15) is 0 Å². The van der Waals surface area contributed by atoms with Gasteiger partial charge in [0.25, 0.3) is 0 Å². The summed E-state index contributed by atoms with van der Waals surface area (Å²) in [6, 6.07) is 81.9. The molecular formula is C58H38N4SSe. The van der Waals surface area contributed by atoms with Crippen LogP contribution in [0.1, 0.15) is 44.5 Å². The van der Waals surface area contributed by atoms with Crippen molar-refractivity contribution >= 4 is 71.0 Å². The van der Waals surface area contributed by atoms with Crippen LogP contribution in [0.2, 0.25) is 0 Å². The Kier molecular flexibility index (Phi) is 10.8. The van der Waals surface area contributed by atoms with Crippen LogP contribution in [-0.4, -0.2) is 23.3 Å². The van der Waals surface area contributed by atoms with Gasteiger partial charge in [-0.1, -0.05) is 24.3 Å². The molecule has 0 saturated heterocycles. The van der Waals surface area contributed by atoms with Gasteiger partial charge in [-0.15, -0.1) is 0 Å². The van der Waals surface area contributed by atoms with Gasteiger partial charge in [0.05, 0.1) is 0 Å². The fraction of sp³-hybridized carbons (Fsp3) is 0. The molecule has 0 bridgehead atoms. The van der Waals surface area contributed by atoms with Crippen molar-refractivity contribution in [3.8, 4) is 22.3 Å². The molecule has 302 valence electrons. The molecule has 64 heavy (non-hydrogen) atoms. The maximum atomic E-state index is 5.10. The third-order valence-electron chi connectivity index (χ3n) is 11.7. The summed E-state index contributed by atoms with van der Waals surface area (Å²) in [6.45, 7) is 0. The van der Waals surface area contributed by atoms with Gasteiger partial charge in [-0.3, -0.25) is 0 Å². The number of benzene rings is 9. The van der Waals surface area contributed by atoms with E-state index in [0.717, 1.165) is 89.2 Å². The zero-order chi connectivity index (χ0) is 42.7. The topological polar surface area (TPSA) is 50.5 Å². The first-order valence-electron chi connectivity index (χ1n) is 21.2. The monoisotopic (exact) mass is 902 g/mol. The Morgan fingerprint density at radius 3 is 0.766 bits per heavy atom. The van der Waals surface area contributed by atoms with Crippen LogP contribution in [0, 0.1) is 0 Å². The van der Waals surface area contributed by atoms with E-state index in [-0.39, 0.29) is 14.6 Å². The predicted octanol–water partition coefficient (Wildman–Crippen LogP) is 15.4. The Bertz CT molecular complexity index is 3090. The molecule has 0 atom stereocenters. The van der Waals surface area contributed by atoms with Crippen LogP contribution < -0.4 is 0 Å². The quantitative estimate of drug-likeness (QED) is 0.101. The SMILES string of the molecule is c1ccc(C(=C(c2ccccc2)c2ccc(-c3c4c(c(-c5ccc(C(=C(c6ccccc6)c6ccccc6)c6ccccc6)cc5)c5nsnc35)N=[Se]=N4)cc2)c2ccccc2)cc1. The predicted molar refractivity (Wildman–Crippen MR) is 267 cm³/mol. The van der Waals surface area contributed by atoms with Crippen LogP contribution in [0.15, 0.2) is 238 Å². The Labute approximate surface area is 382 Å². The summed E-state index contributed by atoms with van der Waals surface area (Å²) in [5.41, 5.74) is 21.4. The average Bonchev–Trinajstić information content (AvgIpc) is 4.07. The molecule has 0 amide bonds. The first kappa shape index (κ1) is 39.3. The molecule has 0 fully saturated rings. The van der Waals surface area contributed by atoms with Crippen molar-refractivity contribution in [2.75, 3.05) is 0 Å². The van der Waals surface area contributed by atoms with Crippen molar-refractivity contribution in [3.63, 3.8) is 0 Å². The van der Waals surface area contributed by atoms with Crippen molar-refractivity contribution in [2.45, 2.75) is 0 Å². The second kappa shape index (κ2) is 17.6. The van der Waals surface area contributed by atoms with Crippen LogP contribution in [-0.2, 0) is 0 Å². The Balaban J connectivity index is 1.04. The number of nitrogens with zero attached hydrogens (tertiary/aromatic N) is 4. The molecule has 0 N–H and O–H groups in total. The second-order valence-electron chi connectivity index (χ2n) is 15.5. The fourth-order valence-electron chi connectivity index (χ4n) is 8.86. The molecule has 0 unspecified atom stereocenters. The third kappa shape index (κ3) is 7.44. The van der Waals surface area contributed by atoms with Crippen molar-refractivity contribution in [1.82, 2.24) is 8.75 Å². The molecule has 6 heteroatoms. The van der Waals surface area contributed by atoms with Gasteiger partial charge in [0, 0.05) is 0 Å². The molecule has 2 heterocycles. The molecule has 0 spiro atoms. The van der Waals surface area contributed by atoms with Gasteiger partial charge >= 0.3 is 361 Å². The zero-order valence-corrected chi connectivity index (χ0v) is 37.1. The van der Waals surface area contributed by atoms with Crippen molar-refractivity contribution in [2.24, 2.45) is 7.92 Å². The minimum atomic E-state index is -0.291. The van der Waals surface area contributed by atoms with Crippen molar-refractivity contribution in [1.29, 1.82) is 0 Å². The first-order chi connectivity index (χ1) is 31.8. The summed E-state index contributed by atoms with van der Waals surface area (Å²) in [5, 5.41) is 0. The van der Waals surface area contributed by atoms with Crippen LogP contribution in [0.3, 0.4) is 0 Å². The summed E-state index contributed by atoms with van der Waals surface area (Å²) in [6.07, 6.45) is 0. The maximum absolute atomic E-state index is 5.10. The van der Waals surface area contributed by atoms with Crippen LogP contribution in [0.4, 0.5) is 11.4 Å². The molecule has 1 aromatic heterocycles. The normalized spacial score (nSPS) is 11.5. The van der Waals surface area contributed by atoms with Gasteiger partial charge in [0.2, 0.25) is 0 Å². The van der Waals surface area contributed by atoms with Gasteiger partial charge in [0.1, 0.15) is 0 Å². The van der Waals surface area contributed by atoms with Crippen LogP contribution in [0.25, 0.3) is 55.6 Å². The first-order valence-corrected chi connectivity index (χ1v) is 23.5. The van der Waals surface area contributed by atoms with E-state index >= 15 is 0 Å². The number of hydrogen-bond donors (Lipinski definition) is 0. The van der Waals surface area contributed by atoms with E-state index in [1.807, 2.05) is 0 Å². The summed E-state index contributed by atoms with van der Waals surface area (Å²) < 4.78 is 20.1. The molecule has 1 aliphatic rings. The molecule has 11 rings (SSSR count). The van der Waals surface area contributed by atoms with Crippen LogP contribution >= 0.6 is 11.7 Å². The van der Waals surface area contributed by atoms with Gasteiger partial charge in [-0.05, 0) is 0 Å². The number of rotatable bonds is 10. The second-order valence-corrected chi connectivity index (χ2v) is 17.2. The molecule has 10 aromatic rings. The molecule has 4 nitrogen and oxygen atoms in total. The fourth-order valence-corrected chi connectivity index (χ4v) is 10.6. The van der Waals surface area contributed by atoms with E-state index in [4.69, 9.17) is 16.7 Å². The molecule has 0 radical (unpaired) electrons. The Morgan fingerprint density at radius 1 is 0.281 bits per heavy atom. The Hall–Kier alpha value is -7.60. The average molecular weight is 902 g/mol. The summed E-state index contributed by atoms with van der Waals surface area (Å²) >= 11 is 0.948. The zero-order valence-electron chi connectivity index (χ0n) is 34.5. The van der Waals surface area contributed by atoms with E-state index in [0.29, 0.717) is 0 Å². The number of fused-ring (bicyclic) bond motifs is 2. The molecule has 9 aromatic carbocycles. The van der Waals surface area contributed by atoms with Gasteiger partial charge < -0.3 is 0 Å². The number of hydrogen-bond acceptors (Lipinski definition) is 5. The molecule has 0 saturated carbocycles. The van der Waals surface area contributed by atoms with Gasteiger partial charge in [-0.25, -0.2) is 0 Å². The van der Waals surface area contributed by atoms with Crippen molar-refractivity contribution < 1.29 is 0 Å². The van der Waals surface area contributed by atoms with E-state index < -0.39 is 0 Å². The molecule has 0 aliphatic carbocycles. The summed E-state index contributed by atoms with van der Waals surface area (Å²) in [5.74, 6) is 0.